The molecular weight excluding hydrogens is 366 g/mol. The van der Waals surface area contributed by atoms with Crippen LogP contribution < -0.4 is 10.2 Å². The Hall–Kier alpha value is -3.29. The van der Waals surface area contributed by atoms with Crippen LogP contribution in [0.4, 0.5) is 14.5 Å². The first-order valence-electron chi connectivity index (χ1n) is 8.85. The van der Waals surface area contributed by atoms with Gasteiger partial charge in [-0.05, 0) is 29.8 Å². The fourth-order valence-electron chi connectivity index (χ4n) is 3.41. The fourth-order valence-corrected chi connectivity index (χ4v) is 3.41. The lowest BCUT2D eigenvalue weighted by Gasteiger charge is -2.17. The van der Waals surface area contributed by atoms with E-state index in [1.807, 2.05) is 29.8 Å². The van der Waals surface area contributed by atoms with Crippen molar-refractivity contribution in [3.63, 3.8) is 0 Å². The minimum atomic E-state index is -1.02. The Morgan fingerprint density at radius 1 is 1.21 bits per heavy atom. The predicted molar refractivity (Wildman–Crippen MR) is 99.4 cm³/mol. The van der Waals surface area contributed by atoms with Crippen LogP contribution in [0.3, 0.4) is 0 Å². The van der Waals surface area contributed by atoms with E-state index < -0.39 is 17.6 Å². The van der Waals surface area contributed by atoms with Crippen LogP contribution in [0, 0.1) is 17.6 Å². The number of nitrogens with zero attached hydrogens (tertiary/aromatic N) is 3. The lowest BCUT2D eigenvalue weighted by Crippen LogP contribution is -2.32. The number of fused-ring (bicyclic) bond motifs is 1. The number of halogens is 2. The van der Waals surface area contributed by atoms with Crippen molar-refractivity contribution in [1.29, 1.82) is 0 Å². The first-order valence-corrected chi connectivity index (χ1v) is 8.85. The van der Waals surface area contributed by atoms with Crippen LogP contribution in [0.15, 0.2) is 42.7 Å². The summed E-state index contributed by atoms with van der Waals surface area (Å²) in [5.74, 6) is -3.09. The summed E-state index contributed by atoms with van der Waals surface area (Å²) < 4.78 is 28.4. The van der Waals surface area contributed by atoms with Gasteiger partial charge in [0.1, 0.15) is 0 Å². The van der Waals surface area contributed by atoms with Gasteiger partial charge in [0.2, 0.25) is 11.8 Å². The molecule has 4 rings (SSSR count). The number of nitrogens with one attached hydrogen (secondary N) is 1. The number of aromatic nitrogens is 2. The number of aryl methyl sites for hydroxylation is 1. The molecule has 2 amide bonds. The van der Waals surface area contributed by atoms with Gasteiger partial charge in [-0.2, -0.15) is 0 Å². The molecule has 1 aliphatic heterocycles. The molecule has 0 aliphatic carbocycles. The average Bonchev–Trinajstić information content (AvgIpc) is 3.25. The Balaban J connectivity index is 1.40. The third kappa shape index (κ3) is 3.33. The summed E-state index contributed by atoms with van der Waals surface area (Å²) in [6.07, 6.45) is 1.76. The SMILES string of the molecule is Cn1cnc2cc(CNC(=O)C3CC(=O)N(c4ccc(F)c(F)c4)C3)ccc21. The van der Waals surface area contributed by atoms with Gasteiger partial charge in [0, 0.05) is 38.3 Å². The number of anilines is 1. The van der Waals surface area contributed by atoms with Crippen LogP contribution >= 0.6 is 0 Å². The summed E-state index contributed by atoms with van der Waals surface area (Å²) in [7, 11) is 1.91. The predicted octanol–water partition coefficient (Wildman–Crippen LogP) is 2.52. The van der Waals surface area contributed by atoms with Crippen molar-refractivity contribution < 1.29 is 18.4 Å². The lowest BCUT2D eigenvalue weighted by atomic mass is 10.1. The molecule has 1 N–H and O–H groups in total. The molecule has 1 fully saturated rings. The number of amides is 2. The smallest absolute Gasteiger partial charge is 0.227 e. The summed E-state index contributed by atoms with van der Waals surface area (Å²) in [4.78, 5) is 30.3. The first kappa shape index (κ1) is 18.1. The first-order chi connectivity index (χ1) is 13.4. The maximum absolute atomic E-state index is 13.4. The van der Waals surface area contributed by atoms with E-state index in [-0.39, 0.29) is 30.5 Å². The van der Waals surface area contributed by atoms with Crippen molar-refractivity contribution in [2.45, 2.75) is 13.0 Å². The zero-order valence-electron chi connectivity index (χ0n) is 15.2. The van der Waals surface area contributed by atoms with Crippen molar-refractivity contribution in [1.82, 2.24) is 14.9 Å². The van der Waals surface area contributed by atoms with E-state index in [9.17, 15) is 18.4 Å². The molecule has 28 heavy (non-hydrogen) atoms. The van der Waals surface area contributed by atoms with Gasteiger partial charge in [0.05, 0.1) is 23.3 Å². The maximum Gasteiger partial charge on any atom is 0.227 e. The van der Waals surface area contributed by atoms with E-state index in [2.05, 4.69) is 10.3 Å². The summed E-state index contributed by atoms with van der Waals surface area (Å²) in [6.45, 7) is 0.455. The molecule has 0 saturated carbocycles. The van der Waals surface area contributed by atoms with E-state index in [1.54, 1.807) is 6.33 Å². The summed E-state index contributed by atoms with van der Waals surface area (Å²) in [5, 5.41) is 2.84. The van der Waals surface area contributed by atoms with Crippen LogP contribution in [0.1, 0.15) is 12.0 Å². The van der Waals surface area contributed by atoms with E-state index >= 15 is 0 Å². The number of imidazole rings is 1. The number of hydrogen-bond acceptors (Lipinski definition) is 3. The molecule has 144 valence electrons. The highest BCUT2D eigenvalue weighted by molar-refractivity contribution is 6.00. The number of hydrogen-bond donors (Lipinski definition) is 1. The minimum absolute atomic E-state index is 0.0318. The second-order valence-corrected chi connectivity index (χ2v) is 6.90. The van der Waals surface area contributed by atoms with Crippen LogP contribution in [-0.4, -0.2) is 27.9 Å². The highest BCUT2D eigenvalue weighted by Gasteiger charge is 2.35. The highest BCUT2D eigenvalue weighted by atomic mass is 19.2. The van der Waals surface area contributed by atoms with Gasteiger partial charge in [-0.1, -0.05) is 6.07 Å². The highest BCUT2D eigenvalue weighted by Crippen LogP contribution is 2.26. The van der Waals surface area contributed by atoms with Crippen molar-refractivity contribution in [2.75, 3.05) is 11.4 Å². The third-order valence-corrected chi connectivity index (χ3v) is 4.97. The molecule has 0 spiro atoms. The number of carbonyl (C=O) groups is 2. The molecule has 0 radical (unpaired) electrons. The number of benzene rings is 2. The molecule has 2 aromatic carbocycles. The molecule has 0 bridgehead atoms. The van der Waals surface area contributed by atoms with Gasteiger partial charge < -0.3 is 14.8 Å². The summed E-state index contributed by atoms with van der Waals surface area (Å²) >= 11 is 0. The van der Waals surface area contributed by atoms with Gasteiger partial charge in [-0.15, -0.1) is 0 Å². The maximum atomic E-state index is 13.4. The molecule has 1 unspecified atom stereocenters. The molecule has 8 heteroatoms. The molecule has 2 heterocycles. The van der Waals surface area contributed by atoms with Gasteiger partial charge >= 0.3 is 0 Å². The van der Waals surface area contributed by atoms with Gasteiger partial charge in [0.25, 0.3) is 0 Å². The molecule has 1 atom stereocenters. The second kappa shape index (κ2) is 7.03. The molecule has 1 aliphatic rings. The number of carbonyl (C=O) groups excluding carboxylic acids is 2. The summed E-state index contributed by atoms with van der Waals surface area (Å²) in [6, 6.07) is 9.03. The standard InChI is InChI=1S/C20H18F2N4O2/c1-25-11-24-17-6-12(2-5-18(17)25)9-23-20(28)13-7-19(27)26(10-13)14-3-4-15(21)16(22)8-14/h2-6,8,11,13H,7,9-10H2,1H3,(H,23,28). The van der Waals surface area contributed by atoms with Crippen molar-refractivity contribution in [2.24, 2.45) is 13.0 Å². The van der Waals surface area contributed by atoms with E-state index in [0.29, 0.717) is 6.54 Å². The molecule has 1 saturated heterocycles. The van der Waals surface area contributed by atoms with Crippen molar-refractivity contribution in [3.05, 3.63) is 59.9 Å². The zero-order valence-corrected chi connectivity index (χ0v) is 15.2. The number of rotatable bonds is 4. The van der Waals surface area contributed by atoms with Crippen LogP contribution in [-0.2, 0) is 23.2 Å². The molecular formula is C20H18F2N4O2. The normalized spacial score (nSPS) is 16.8. The van der Waals surface area contributed by atoms with Crippen molar-refractivity contribution >= 4 is 28.5 Å². The van der Waals surface area contributed by atoms with E-state index in [0.717, 1.165) is 28.7 Å². The Bertz CT molecular complexity index is 1080. The monoisotopic (exact) mass is 384 g/mol. The second-order valence-electron chi connectivity index (χ2n) is 6.90. The molecule has 3 aromatic rings. The van der Waals surface area contributed by atoms with Gasteiger partial charge in [-0.3, -0.25) is 9.59 Å². The Morgan fingerprint density at radius 2 is 2.04 bits per heavy atom. The fraction of sp³-hybridized carbons (Fsp3) is 0.250. The van der Waals surface area contributed by atoms with E-state index in [4.69, 9.17) is 0 Å². The van der Waals surface area contributed by atoms with Crippen LogP contribution in [0.2, 0.25) is 0 Å². The van der Waals surface area contributed by atoms with Gasteiger partial charge in [0.15, 0.2) is 11.6 Å². The molecule has 1 aromatic heterocycles. The minimum Gasteiger partial charge on any atom is -0.352 e. The lowest BCUT2D eigenvalue weighted by molar-refractivity contribution is -0.126. The topological polar surface area (TPSA) is 67.2 Å². The largest absolute Gasteiger partial charge is 0.352 e. The Labute approximate surface area is 159 Å². The quantitative estimate of drug-likeness (QED) is 0.752. The van der Waals surface area contributed by atoms with Crippen LogP contribution in [0.25, 0.3) is 11.0 Å². The van der Waals surface area contributed by atoms with Gasteiger partial charge in [-0.25, -0.2) is 13.8 Å². The van der Waals surface area contributed by atoms with Crippen LogP contribution in [0.5, 0.6) is 0 Å². The van der Waals surface area contributed by atoms with Crippen molar-refractivity contribution in [3.8, 4) is 0 Å². The summed E-state index contributed by atoms with van der Waals surface area (Å²) in [5.41, 5.74) is 2.99. The third-order valence-electron chi connectivity index (χ3n) is 4.97. The Kier molecular flexibility index (Phi) is 4.54. The Morgan fingerprint density at radius 3 is 2.82 bits per heavy atom. The average molecular weight is 384 g/mol. The molecule has 6 nitrogen and oxygen atoms in total. The van der Waals surface area contributed by atoms with E-state index in [1.165, 1.54) is 11.0 Å². The zero-order chi connectivity index (χ0) is 19.8.